The predicted octanol–water partition coefficient (Wildman–Crippen LogP) is -0.428. The van der Waals surface area contributed by atoms with Crippen molar-refractivity contribution in [3.63, 3.8) is 0 Å². The van der Waals surface area contributed by atoms with Crippen LogP contribution in [0.15, 0.2) is 0 Å². The number of amides is 2. The molecule has 6 nitrogen and oxygen atoms in total. The normalized spacial score (nSPS) is 34.2. The molecule has 0 aromatic carbocycles. The van der Waals surface area contributed by atoms with Crippen molar-refractivity contribution in [2.24, 2.45) is 5.41 Å². The van der Waals surface area contributed by atoms with Crippen LogP contribution < -0.4 is 5.32 Å². The average molecular weight is 295 g/mol. The predicted molar refractivity (Wildman–Crippen MR) is 77.6 cm³/mol. The van der Waals surface area contributed by atoms with Crippen LogP contribution >= 0.6 is 0 Å². The van der Waals surface area contributed by atoms with Gasteiger partial charge in [0.2, 0.25) is 11.8 Å². The number of carbonyl (C=O) groups excluding carboxylic acids is 2. The number of aliphatic hydroxyl groups is 1. The molecule has 0 saturated carbocycles. The standard InChI is InChI=1S/C15H25N3O3/c19-12-4-9-17(10-13(20)18-7-1-2-8-18)11-15(12)5-3-6-16-14(15)21/h12,19H,1-11H2,(H,16,21)/t12-,15+/m0/s1. The summed E-state index contributed by atoms with van der Waals surface area (Å²) >= 11 is 0. The third-order valence-corrected chi connectivity index (χ3v) is 5.22. The quantitative estimate of drug-likeness (QED) is 0.725. The first-order valence-electron chi connectivity index (χ1n) is 8.08. The molecule has 0 aliphatic carbocycles. The van der Waals surface area contributed by atoms with Gasteiger partial charge in [-0.3, -0.25) is 14.5 Å². The molecule has 21 heavy (non-hydrogen) atoms. The molecule has 0 bridgehead atoms. The van der Waals surface area contributed by atoms with Crippen LogP contribution in [0.4, 0.5) is 0 Å². The van der Waals surface area contributed by atoms with E-state index >= 15 is 0 Å². The fraction of sp³-hybridized carbons (Fsp3) is 0.867. The fourth-order valence-corrected chi connectivity index (χ4v) is 3.92. The van der Waals surface area contributed by atoms with Crippen molar-refractivity contribution in [1.82, 2.24) is 15.1 Å². The van der Waals surface area contributed by atoms with E-state index in [9.17, 15) is 14.7 Å². The number of rotatable bonds is 2. The average Bonchev–Trinajstić information content (AvgIpc) is 3.00. The second-order valence-electron chi connectivity index (χ2n) is 6.62. The first kappa shape index (κ1) is 14.8. The zero-order valence-corrected chi connectivity index (χ0v) is 12.5. The summed E-state index contributed by atoms with van der Waals surface area (Å²) in [6, 6.07) is 0. The van der Waals surface area contributed by atoms with Crippen molar-refractivity contribution >= 4 is 11.8 Å². The van der Waals surface area contributed by atoms with Gasteiger partial charge in [-0.2, -0.15) is 0 Å². The number of hydrogen-bond donors (Lipinski definition) is 2. The lowest BCUT2D eigenvalue weighted by molar-refractivity contribution is -0.151. The Morgan fingerprint density at radius 2 is 2.05 bits per heavy atom. The van der Waals surface area contributed by atoms with Gasteiger partial charge in [-0.05, 0) is 32.1 Å². The molecule has 0 unspecified atom stereocenters. The third-order valence-electron chi connectivity index (χ3n) is 5.22. The van der Waals surface area contributed by atoms with Crippen LogP contribution in [0.3, 0.4) is 0 Å². The number of nitrogens with one attached hydrogen (secondary N) is 1. The Kier molecular flexibility index (Phi) is 4.17. The Morgan fingerprint density at radius 3 is 2.76 bits per heavy atom. The minimum atomic E-state index is -0.707. The Bertz CT molecular complexity index is 422. The number of piperidine rings is 2. The number of hydrogen-bond acceptors (Lipinski definition) is 4. The molecular formula is C15H25N3O3. The summed E-state index contributed by atoms with van der Waals surface area (Å²) in [6.07, 6.45) is 3.79. The molecule has 1 spiro atoms. The van der Waals surface area contributed by atoms with Crippen LogP contribution in [0, 0.1) is 5.41 Å². The number of aliphatic hydroxyl groups excluding tert-OH is 1. The van der Waals surface area contributed by atoms with Gasteiger partial charge >= 0.3 is 0 Å². The molecule has 0 radical (unpaired) electrons. The minimum absolute atomic E-state index is 0.0421. The van der Waals surface area contributed by atoms with Gasteiger partial charge < -0.3 is 15.3 Å². The first-order chi connectivity index (χ1) is 10.1. The maximum atomic E-state index is 12.3. The topological polar surface area (TPSA) is 72.9 Å². The molecule has 3 heterocycles. The molecule has 3 fully saturated rings. The van der Waals surface area contributed by atoms with Crippen molar-refractivity contribution in [2.45, 2.75) is 38.2 Å². The molecule has 3 aliphatic rings. The highest BCUT2D eigenvalue weighted by molar-refractivity contribution is 5.84. The highest BCUT2D eigenvalue weighted by atomic mass is 16.3. The summed E-state index contributed by atoms with van der Waals surface area (Å²) in [5.74, 6) is 0.120. The van der Waals surface area contributed by atoms with Gasteiger partial charge in [0.1, 0.15) is 0 Å². The van der Waals surface area contributed by atoms with Crippen LogP contribution in [0.5, 0.6) is 0 Å². The van der Waals surface area contributed by atoms with Crippen molar-refractivity contribution in [2.75, 3.05) is 39.3 Å². The van der Waals surface area contributed by atoms with Crippen molar-refractivity contribution < 1.29 is 14.7 Å². The van der Waals surface area contributed by atoms with Crippen molar-refractivity contribution in [3.05, 3.63) is 0 Å². The smallest absolute Gasteiger partial charge is 0.236 e. The number of carbonyl (C=O) groups is 2. The van der Waals surface area contributed by atoms with Gasteiger partial charge in [-0.1, -0.05) is 0 Å². The second-order valence-corrected chi connectivity index (χ2v) is 6.62. The summed E-state index contributed by atoms with van der Waals surface area (Å²) in [6.45, 7) is 3.99. The molecule has 2 N–H and O–H groups in total. The monoisotopic (exact) mass is 295 g/mol. The van der Waals surface area contributed by atoms with Gasteiger partial charge in [0.15, 0.2) is 0 Å². The summed E-state index contributed by atoms with van der Waals surface area (Å²) in [7, 11) is 0. The van der Waals surface area contributed by atoms with E-state index in [1.807, 2.05) is 4.90 Å². The summed E-state index contributed by atoms with van der Waals surface area (Å²) < 4.78 is 0. The number of likely N-dealkylation sites (tertiary alicyclic amines) is 2. The van der Waals surface area contributed by atoms with Crippen LogP contribution in [-0.4, -0.2) is 72.1 Å². The lowest BCUT2D eigenvalue weighted by Gasteiger charge is -2.46. The Morgan fingerprint density at radius 1 is 1.29 bits per heavy atom. The zero-order chi connectivity index (χ0) is 14.9. The van der Waals surface area contributed by atoms with Gasteiger partial charge in [-0.25, -0.2) is 0 Å². The highest BCUT2D eigenvalue weighted by Gasteiger charge is 2.49. The molecule has 6 heteroatoms. The lowest BCUT2D eigenvalue weighted by Crippen LogP contribution is -2.62. The van der Waals surface area contributed by atoms with Gasteiger partial charge in [0, 0.05) is 32.7 Å². The van der Waals surface area contributed by atoms with E-state index in [0.29, 0.717) is 39.0 Å². The minimum Gasteiger partial charge on any atom is -0.392 e. The van der Waals surface area contributed by atoms with E-state index in [-0.39, 0.29) is 11.8 Å². The van der Waals surface area contributed by atoms with Crippen LogP contribution in [0.25, 0.3) is 0 Å². The van der Waals surface area contributed by atoms with Gasteiger partial charge in [0.05, 0.1) is 18.1 Å². The zero-order valence-electron chi connectivity index (χ0n) is 12.5. The van der Waals surface area contributed by atoms with Gasteiger partial charge in [-0.15, -0.1) is 0 Å². The van der Waals surface area contributed by atoms with Crippen molar-refractivity contribution in [3.8, 4) is 0 Å². The molecule has 118 valence electrons. The van der Waals surface area contributed by atoms with Crippen LogP contribution in [0.2, 0.25) is 0 Å². The third kappa shape index (κ3) is 2.79. The first-order valence-corrected chi connectivity index (χ1v) is 8.08. The van der Waals surface area contributed by atoms with E-state index in [1.165, 1.54) is 0 Å². The van der Waals surface area contributed by atoms with E-state index in [2.05, 4.69) is 10.2 Å². The lowest BCUT2D eigenvalue weighted by atomic mass is 9.71. The summed E-state index contributed by atoms with van der Waals surface area (Å²) in [4.78, 5) is 28.5. The van der Waals surface area contributed by atoms with E-state index < -0.39 is 11.5 Å². The number of nitrogens with zero attached hydrogens (tertiary/aromatic N) is 2. The maximum absolute atomic E-state index is 12.3. The van der Waals surface area contributed by atoms with Crippen LogP contribution in [0.1, 0.15) is 32.1 Å². The second kappa shape index (κ2) is 5.93. The van der Waals surface area contributed by atoms with E-state index in [4.69, 9.17) is 0 Å². The molecule has 2 amide bonds. The molecular weight excluding hydrogens is 270 g/mol. The molecule has 3 rings (SSSR count). The van der Waals surface area contributed by atoms with Crippen molar-refractivity contribution in [1.29, 1.82) is 0 Å². The molecule has 0 aromatic heterocycles. The van der Waals surface area contributed by atoms with Crippen LogP contribution in [-0.2, 0) is 9.59 Å². The molecule has 2 atom stereocenters. The van der Waals surface area contributed by atoms with E-state index in [0.717, 1.165) is 32.4 Å². The highest BCUT2D eigenvalue weighted by Crippen LogP contribution is 2.37. The van der Waals surface area contributed by atoms with E-state index in [1.54, 1.807) is 0 Å². The largest absolute Gasteiger partial charge is 0.392 e. The Balaban J connectivity index is 1.65. The molecule has 3 aliphatic heterocycles. The summed E-state index contributed by atoms with van der Waals surface area (Å²) in [5, 5.41) is 13.2. The maximum Gasteiger partial charge on any atom is 0.236 e. The van der Waals surface area contributed by atoms with Gasteiger partial charge in [0.25, 0.3) is 0 Å². The SMILES string of the molecule is O=C(CN1CC[C@H](O)[C@@]2(CCCNC2=O)C1)N1CCCC1. The Hall–Kier alpha value is -1.14. The Labute approximate surface area is 125 Å². The molecule has 0 aromatic rings. The molecule has 3 saturated heterocycles. The summed E-state index contributed by atoms with van der Waals surface area (Å²) in [5.41, 5.74) is -0.707. The fourth-order valence-electron chi connectivity index (χ4n) is 3.92.